The lowest BCUT2D eigenvalue weighted by Gasteiger charge is -2.17. The Morgan fingerprint density at radius 1 is 1.77 bits per heavy atom. The number of aliphatic imine (C=N–C) groups is 1. The highest BCUT2D eigenvalue weighted by atomic mass is 16.2. The first-order chi connectivity index (χ1) is 5.99. The average molecular weight is 183 g/mol. The quantitative estimate of drug-likeness (QED) is 0.492. The molecular weight excluding hydrogens is 166 g/mol. The monoisotopic (exact) mass is 183 g/mol. The normalized spacial score (nSPS) is 27.5. The first kappa shape index (κ1) is 10.0. The second kappa shape index (κ2) is 3.36. The van der Waals surface area contributed by atoms with Gasteiger partial charge in [0.1, 0.15) is 0 Å². The average Bonchev–Trinajstić information content (AvgIpc) is 2.26. The lowest BCUT2D eigenvalue weighted by atomic mass is 9.90. The summed E-state index contributed by atoms with van der Waals surface area (Å²) in [7, 11) is 1.83. The molecule has 1 amide bonds. The third kappa shape index (κ3) is 1.82. The van der Waals surface area contributed by atoms with Gasteiger partial charge in [0.25, 0.3) is 0 Å². The number of amides is 1. The molecule has 1 saturated heterocycles. The summed E-state index contributed by atoms with van der Waals surface area (Å²) in [6, 6.07) is 0.210. The van der Waals surface area contributed by atoms with E-state index < -0.39 is 0 Å². The first-order valence-electron chi connectivity index (χ1n) is 4.46. The standard InChI is InChI=1S/C9H17N3O/c1-9(2)4-7(5-11-6-10)12(3)8(9)13/h6-7H,4-5H2,1-3H3,(H2,10,11)/t7-/m0/s1. The Bertz CT molecular complexity index is 235. The molecule has 0 radical (unpaired) electrons. The zero-order valence-electron chi connectivity index (χ0n) is 8.45. The fourth-order valence-corrected chi connectivity index (χ4v) is 1.83. The maximum atomic E-state index is 11.6. The molecule has 0 aromatic heterocycles. The number of hydrogen-bond donors (Lipinski definition) is 1. The minimum Gasteiger partial charge on any atom is -0.390 e. The predicted molar refractivity (Wildman–Crippen MR) is 52.5 cm³/mol. The van der Waals surface area contributed by atoms with Crippen molar-refractivity contribution in [1.82, 2.24) is 4.90 Å². The van der Waals surface area contributed by atoms with Crippen LogP contribution in [0.25, 0.3) is 0 Å². The molecule has 2 N–H and O–H groups in total. The molecule has 0 aliphatic carbocycles. The minimum atomic E-state index is -0.233. The molecule has 1 rings (SSSR count). The fourth-order valence-electron chi connectivity index (χ4n) is 1.83. The van der Waals surface area contributed by atoms with E-state index in [2.05, 4.69) is 4.99 Å². The van der Waals surface area contributed by atoms with Crippen LogP contribution in [0, 0.1) is 5.41 Å². The number of likely N-dealkylation sites (tertiary alicyclic amines) is 1. The molecule has 0 unspecified atom stereocenters. The fraction of sp³-hybridized carbons (Fsp3) is 0.778. The summed E-state index contributed by atoms with van der Waals surface area (Å²) in [6.45, 7) is 4.55. The third-order valence-electron chi connectivity index (χ3n) is 2.61. The molecule has 0 saturated carbocycles. The zero-order valence-corrected chi connectivity index (χ0v) is 8.45. The molecule has 4 heteroatoms. The molecule has 74 valence electrons. The highest BCUT2D eigenvalue weighted by Gasteiger charge is 2.42. The Morgan fingerprint density at radius 2 is 2.38 bits per heavy atom. The molecule has 0 bridgehead atoms. The molecule has 1 fully saturated rings. The van der Waals surface area contributed by atoms with Crippen LogP contribution in [0.4, 0.5) is 0 Å². The van der Waals surface area contributed by atoms with Crippen molar-refractivity contribution in [2.24, 2.45) is 16.1 Å². The van der Waals surface area contributed by atoms with Crippen LogP contribution in [0.5, 0.6) is 0 Å². The number of nitrogens with zero attached hydrogens (tertiary/aromatic N) is 2. The summed E-state index contributed by atoms with van der Waals surface area (Å²) in [6.07, 6.45) is 2.16. The van der Waals surface area contributed by atoms with Gasteiger partial charge in [-0.05, 0) is 6.42 Å². The number of likely N-dealkylation sites (N-methyl/N-ethyl adjacent to an activating group) is 1. The van der Waals surface area contributed by atoms with E-state index in [0.717, 1.165) is 6.42 Å². The molecule has 1 aliphatic heterocycles. The van der Waals surface area contributed by atoms with Crippen molar-refractivity contribution in [2.75, 3.05) is 13.6 Å². The SMILES string of the molecule is CN1C(=O)C(C)(C)C[C@H]1CN=CN. The van der Waals surface area contributed by atoms with Gasteiger partial charge >= 0.3 is 0 Å². The van der Waals surface area contributed by atoms with Crippen LogP contribution in [0.1, 0.15) is 20.3 Å². The molecule has 13 heavy (non-hydrogen) atoms. The number of nitrogens with two attached hydrogens (primary N) is 1. The Balaban J connectivity index is 2.66. The van der Waals surface area contributed by atoms with E-state index in [0.29, 0.717) is 6.54 Å². The largest absolute Gasteiger partial charge is 0.390 e. The number of hydrogen-bond acceptors (Lipinski definition) is 2. The highest BCUT2D eigenvalue weighted by molar-refractivity contribution is 5.84. The van der Waals surface area contributed by atoms with Crippen LogP contribution in [-0.2, 0) is 4.79 Å². The molecule has 0 aromatic carbocycles. The van der Waals surface area contributed by atoms with E-state index in [-0.39, 0.29) is 17.4 Å². The number of carbonyl (C=O) groups is 1. The number of carbonyl (C=O) groups excluding carboxylic acids is 1. The molecule has 0 aromatic rings. The van der Waals surface area contributed by atoms with E-state index in [4.69, 9.17) is 5.73 Å². The van der Waals surface area contributed by atoms with Crippen molar-refractivity contribution in [3.05, 3.63) is 0 Å². The lowest BCUT2D eigenvalue weighted by Crippen LogP contribution is -2.32. The van der Waals surface area contributed by atoms with Gasteiger partial charge in [0.15, 0.2) is 0 Å². The predicted octanol–water partition coefficient (Wildman–Crippen LogP) is 0.230. The van der Waals surface area contributed by atoms with E-state index in [1.54, 1.807) is 4.90 Å². The van der Waals surface area contributed by atoms with Crippen molar-refractivity contribution < 1.29 is 4.79 Å². The summed E-state index contributed by atoms with van der Waals surface area (Å²) in [5, 5.41) is 0. The van der Waals surface area contributed by atoms with E-state index in [1.807, 2.05) is 20.9 Å². The van der Waals surface area contributed by atoms with Gasteiger partial charge in [-0.15, -0.1) is 0 Å². The van der Waals surface area contributed by atoms with E-state index >= 15 is 0 Å². The van der Waals surface area contributed by atoms with Gasteiger partial charge < -0.3 is 10.6 Å². The first-order valence-corrected chi connectivity index (χ1v) is 4.46. The van der Waals surface area contributed by atoms with Crippen molar-refractivity contribution in [2.45, 2.75) is 26.3 Å². The van der Waals surface area contributed by atoms with E-state index in [9.17, 15) is 4.79 Å². The van der Waals surface area contributed by atoms with Gasteiger partial charge in [0.2, 0.25) is 5.91 Å². The van der Waals surface area contributed by atoms with Crippen molar-refractivity contribution >= 4 is 12.2 Å². The maximum absolute atomic E-state index is 11.6. The molecule has 4 nitrogen and oxygen atoms in total. The smallest absolute Gasteiger partial charge is 0.228 e. The molecule has 1 aliphatic rings. The van der Waals surface area contributed by atoms with Crippen molar-refractivity contribution in [1.29, 1.82) is 0 Å². The van der Waals surface area contributed by atoms with Gasteiger partial charge in [-0.1, -0.05) is 13.8 Å². The zero-order chi connectivity index (χ0) is 10.1. The summed E-state index contributed by atoms with van der Waals surface area (Å²) >= 11 is 0. The van der Waals surface area contributed by atoms with Crippen LogP contribution in [0.2, 0.25) is 0 Å². The van der Waals surface area contributed by atoms with E-state index in [1.165, 1.54) is 6.34 Å². The summed E-state index contributed by atoms with van der Waals surface area (Å²) < 4.78 is 0. The maximum Gasteiger partial charge on any atom is 0.228 e. The Hall–Kier alpha value is -1.06. The highest BCUT2D eigenvalue weighted by Crippen LogP contribution is 2.34. The minimum absolute atomic E-state index is 0.199. The molecule has 1 heterocycles. The van der Waals surface area contributed by atoms with Crippen molar-refractivity contribution in [3.63, 3.8) is 0 Å². The Morgan fingerprint density at radius 3 is 2.77 bits per heavy atom. The topological polar surface area (TPSA) is 58.7 Å². The van der Waals surface area contributed by atoms with Crippen molar-refractivity contribution in [3.8, 4) is 0 Å². The third-order valence-corrected chi connectivity index (χ3v) is 2.61. The lowest BCUT2D eigenvalue weighted by molar-refractivity contribution is -0.134. The van der Waals surface area contributed by atoms with Crippen LogP contribution in [0.15, 0.2) is 4.99 Å². The Kier molecular flexibility index (Phi) is 2.59. The van der Waals surface area contributed by atoms with Crippen LogP contribution in [0.3, 0.4) is 0 Å². The van der Waals surface area contributed by atoms with Crippen LogP contribution >= 0.6 is 0 Å². The molecular formula is C9H17N3O. The molecule has 1 atom stereocenters. The van der Waals surface area contributed by atoms with Gasteiger partial charge in [-0.3, -0.25) is 9.79 Å². The van der Waals surface area contributed by atoms with Gasteiger partial charge in [0.05, 0.1) is 18.9 Å². The number of rotatable bonds is 2. The van der Waals surface area contributed by atoms with Gasteiger partial charge in [0, 0.05) is 12.5 Å². The van der Waals surface area contributed by atoms with Gasteiger partial charge in [-0.25, -0.2) is 0 Å². The Labute approximate surface area is 78.8 Å². The second-order valence-electron chi connectivity index (χ2n) is 4.17. The van der Waals surface area contributed by atoms with Crippen LogP contribution < -0.4 is 5.73 Å². The summed E-state index contributed by atoms with van der Waals surface area (Å²) in [5.41, 5.74) is 4.93. The second-order valence-corrected chi connectivity index (χ2v) is 4.17. The summed E-state index contributed by atoms with van der Waals surface area (Å²) in [5.74, 6) is 0.199. The molecule has 0 spiro atoms. The summed E-state index contributed by atoms with van der Waals surface area (Å²) in [4.78, 5) is 17.4. The van der Waals surface area contributed by atoms with Gasteiger partial charge in [-0.2, -0.15) is 0 Å². The van der Waals surface area contributed by atoms with Crippen LogP contribution in [-0.4, -0.2) is 36.8 Å².